The molecule has 1 aliphatic carbocycles. The number of hydrogen-bond acceptors (Lipinski definition) is 25. The monoisotopic (exact) mass is 1680 g/mol. The fourth-order valence-electron chi connectivity index (χ4n) is 13.0. The van der Waals surface area contributed by atoms with Gasteiger partial charge in [0.05, 0.1) is 46.0 Å². The van der Waals surface area contributed by atoms with Gasteiger partial charge in [0.2, 0.25) is 65.0 Å². The first kappa shape index (κ1) is 94.1. The van der Waals surface area contributed by atoms with Gasteiger partial charge in [0.1, 0.15) is 60.4 Å². The fourth-order valence-corrected chi connectivity index (χ4v) is 16.5. The van der Waals surface area contributed by atoms with E-state index >= 15 is 0 Å². The first-order valence-corrected chi connectivity index (χ1v) is 42.1. The third kappa shape index (κ3) is 27.5. The van der Waals surface area contributed by atoms with Crippen LogP contribution in [-0.2, 0) is 59.2 Å². The maximum absolute atomic E-state index is 14.9. The molecule has 39 heteroatoms. The van der Waals surface area contributed by atoms with E-state index in [4.69, 9.17) is 33.8 Å². The molecule has 0 radical (unpaired) electrons. The van der Waals surface area contributed by atoms with Crippen LogP contribution in [0, 0.1) is 5.92 Å². The lowest BCUT2D eigenvalue weighted by Crippen LogP contribution is -2.62. The van der Waals surface area contributed by atoms with Crippen LogP contribution in [-0.4, -0.2) is 250 Å². The summed E-state index contributed by atoms with van der Waals surface area (Å²) < 4.78 is 1.37. The van der Waals surface area contributed by atoms with E-state index < -0.39 is 162 Å². The number of amides is 13. The number of fused-ring (bicyclic) bond motifs is 1. The first-order valence-electron chi connectivity index (χ1n) is 38.8. The smallest absolute Gasteiger partial charge is 0.345 e. The Balaban J connectivity index is 1.05. The van der Waals surface area contributed by atoms with Crippen LogP contribution in [0.25, 0.3) is 23.1 Å². The Kier molecular flexibility index (Phi) is 37.6. The van der Waals surface area contributed by atoms with Crippen molar-refractivity contribution in [3.8, 4) is 0 Å². The van der Waals surface area contributed by atoms with Crippen LogP contribution < -0.4 is 92.5 Å². The second kappa shape index (κ2) is 46.7. The minimum Gasteiger partial charge on any atom is -0.391 e. The second-order valence-electron chi connectivity index (χ2n) is 29.0. The summed E-state index contributed by atoms with van der Waals surface area (Å²) in [6, 6.07) is 11.1. The van der Waals surface area contributed by atoms with E-state index in [1.807, 2.05) is 42.5 Å². The largest absolute Gasteiger partial charge is 0.391 e. The van der Waals surface area contributed by atoms with Gasteiger partial charge in [0, 0.05) is 54.2 Å². The molecule has 2 aliphatic rings. The molecule has 636 valence electrons. The van der Waals surface area contributed by atoms with E-state index in [0.717, 1.165) is 11.3 Å². The van der Waals surface area contributed by atoms with Gasteiger partial charge in [-0.25, -0.2) is 4.79 Å². The Bertz CT molecular complexity index is 4270. The van der Waals surface area contributed by atoms with Crippen LogP contribution in [0.1, 0.15) is 119 Å². The van der Waals surface area contributed by atoms with Crippen LogP contribution in [0.2, 0.25) is 0 Å². The molecular formula is C78H111N21O15S3. The quantitative estimate of drug-likeness (QED) is 0.0164. The van der Waals surface area contributed by atoms with Crippen molar-refractivity contribution in [3.63, 3.8) is 0 Å². The molecule has 1 saturated heterocycles. The Morgan fingerprint density at radius 1 is 0.641 bits per heavy atom. The predicted molar refractivity (Wildman–Crippen MR) is 445 cm³/mol. The number of hydrogen-bond donors (Lipinski definition) is 19. The predicted octanol–water partition coefficient (Wildman–Crippen LogP) is -1.52. The molecule has 1 saturated carbocycles. The maximum Gasteiger partial charge on any atom is 0.345 e. The van der Waals surface area contributed by atoms with Crippen LogP contribution in [0.5, 0.6) is 0 Å². The molecule has 5 aromatic rings. The highest BCUT2D eigenvalue weighted by atomic mass is 33.1. The number of aromatic nitrogens is 3. The zero-order chi connectivity index (χ0) is 85.5. The standard InChI is InChI=1S/C78H111N21O15S3/c1-44(2)39-59-73(110)90-54(25-33-80)67(104)89-57(28-36-83)72(109)95-64(45(3)100)75(112)86-38-29-58(70(107)88-55(26-34-81)69(106)94-60(74(111)93-59)40-47-15-8-7-9-16-47)91-68(105)56(27-35-82)92-76(113)65(46(4)101)96-71(108)53(24-32-79)87-63(102)42-115-116-43-78(30-14-31-78)98(6)77(114)99-61-41-49(117-62-19-11-10-18-51(62)66(103)84-5)21-22-50(61)52(97-99)23-20-48-17-12-13-37-85-48/h7-13,15-23,37,41,44-46,53-60,64-65,100-101H,14,24-36,38-40,42-43,79-83H2,1-6H3,(H,84,103)(H,86,112)(H,87,102)(H,88,107)(H,89,104)(H,90,110)(H,91,105)(H,92,113)(H,93,111)(H,94,106)(H,95,109)(H,96,108)/b23-20+/t45-,46-,53-,54-,55-,56-,57-,58+,59-,60-,64-,65+/m1/s1. The lowest BCUT2D eigenvalue weighted by atomic mass is 9.77. The van der Waals surface area contributed by atoms with Gasteiger partial charge >= 0.3 is 6.03 Å². The van der Waals surface area contributed by atoms with E-state index in [2.05, 4.69) is 68.8 Å². The van der Waals surface area contributed by atoms with Gasteiger partial charge in [-0.15, -0.1) is 0 Å². The number of pyridine rings is 1. The van der Waals surface area contributed by atoms with Crippen molar-refractivity contribution in [2.45, 2.75) is 186 Å². The summed E-state index contributed by atoms with van der Waals surface area (Å²) in [7, 11) is 5.80. The molecule has 24 N–H and O–H groups in total. The van der Waals surface area contributed by atoms with Crippen molar-refractivity contribution >= 4 is 133 Å². The van der Waals surface area contributed by atoms with Crippen LogP contribution in [0.3, 0.4) is 0 Å². The van der Waals surface area contributed by atoms with E-state index in [0.29, 0.717) is 56.9 Å². The van der Waals surface area contributed by atoms with Gasteiger partial charge in [-0.3, -0.25) is 62.5 Å². The van der Waals surface area contributed by atoms with Crippen molar-refractivity contribution in [2.24, 2.45) is 34.6 Å². The van der Waals surface area contributed by atoms with Crippen molar-refractivity contribution in [1.29, 1.82) is 0 Å². The number of nitrogens with one attached hydrogen (secondary N) is 12. The number of rotatable bonds is 34. The zero-order valence-corrected chi connectivity index (χ0v) is 68.9. The number of aliphatic hydroxyl groups excluding tert-OH is 2. The molecule has 36 nitrogen and oxygen atoms in total. The molecule has 117 heavy (non-hydrogen) atoms. The van der Waals surface area contributed by atoms with Gasteiger partial charge in [0.25, 0.3) is 5.91 Å². The number of nitrogens with two attached hydrogens (primary N) is 5. The fraction of sp³-hybridized carbons (Fsp3) is 0.500. The third-order valence-corrected chi connectivity index (χ3v) is 23.1. The SMILES string of the molecule is CNC(=O)c1ccccc1Sc1ccc2c(/C=C/c3ccccn3)nn(C(=O)N(C)C3(CSSCC(=O)N[C@H](CCN)C(=O)N[C@H](C(=O)N[C@H](CCN)C(=O)N[C@H]4CCNC(=O)[C@@H]([C@@H](C)O)NC(=O)[C@@H](CCN)NC(=O)[C@@H](CCN)NC(=O)[C@@H](CC(C)C)NC(=O)[C@@H](Cc5ccccc5)NC(=O)[C@@H](CCN)NC4=O)[C@@H](C)O)CCC3)c2c1. The highest BCUT2D eigenvalue weighted by Gasteiger charge is 2.45. The molecule has 3 heterocycles. The highest BCUT2D eigenvalue weighted by Crippen LogP contribution is 2.43. The average molecular weight is 1680 g/mol. The molecule has 2 aromatic heterocycles. The van der Waals surface area contributed by atoms with E-state index in [-0.39, 0.29) is 95.2 Å². The van der Waals surface area contributed by atoms with Crippen LogP contribution in [0.4, 0.5) is 4.79 Å². The minimum atomic E-state index is -1.81. The van der Waals surface area contributed by atoms with Crippen molar-refractivity contribution in [1.82, 2.24) is 83.5 Å². The molecule has 0 spiro atoms. The zero-order valence-electron chi connectivity index (χ0n) is 66.4. The van der Waals surface area contributed by atoms with Crippen LogP contribution >= 0.6 is 33.3 Å². The summed E-state index contributed by atoms with van der Waals surface area (Å²) in [4.78, 5) is 192. The normalized spacial score (nSPS) is 20.6. The molecule has 3 aromatic carbocycles. The summed E-state index contributed by atoms with van der Waals surface area (Å²) in [5.41, 5.74) is 31.9. The van der Waals surface area contributed by atoms with Crippen molar-refractivity contribution in [3.05, 3.63) is 120 Å². The second-order valence-corrected chi connectivity index (χ2v) is 32.6. The summed E-state index contributed by atoms with van der Waals surface area (Å²) in [5.74, 6) is -10.6. The molecule has 2 fully saturated rings. The molecule has 0 unspecified atom stereocenters. The molecular weight excluding hydrogens is 1570 g/mol. The van der Waals surface area contributed by atoms with E-state index in [9.17, 15) is 72.5 Å². The van der Waals surface area contributed by atoms with Gasteiger partial charge < -0.3 is 108 Å². The van der Waals surface area contributed by atoms with Gasteiger partial charge in [-0.1, -0.05) is 95.7 Å². The molecule has 1 aliphatic heterocycles. The van der Waals surface area contributed by atoms with E-state index in [1.165, 1.54) is 51.9 Å². The number of benzene rings is 3. The third-order valence-electron chi connectivity index (χ3n) is 19.6. The molecule has 7 rings (SSSR count). The van der Waals surface area contributed by atoms with Crippen LogP contribution in [0.15, 0.2) is 107 Å². The summed E-state index contributed by atoms with van der Waals surface area (Å²) in [6.45, 7) is 4.50. The van der Waals surface area contributed by atoms with Gasteiger partial charge in [-0.2, -0.15) is 9.78 Å². The van der Waals surface area contributed by atoms with Crippen molar-refractivity contribution in [2.75, 3.05) is 64.9 Å². The summed E-state index contributed by atoms with van der Waals surface area (Å²) >= 11 is 1.37. The van der Waals surface area contributed by atoms with Crippen molar-refractivity contribution < 1.29 is 72.5 Å². The topological polar surface area (TPSA) is 571 Å². The van der Waals surface area contributed by atoms with Gasteiger partial charge in [-0.05, 0) is 177 Å². The Hall–Kier alpha value is -10.1. The summed E-state index contributed by atoms with van der Waals surface area (Å²) in [5, 5.41) is 58.5. The van der Waals surface area contributed by atoms with Gasteiger partial charge in [0.15, 0.2) is 0 Å². The lowest BCUT2D eigenvalue weighted by molar-refractivity contribution is -0.137. The first-order chi connectivity index (χ1) is 56.0. The number of nitrogens with zero attached hydrogens (tertiary/aromatic N) is 4. The Morgan fingerprint density at radius 2 is 1.22 bits per heavy atom. The highest BCUT2D eigenvalue weighted by molar-refractivity contribution is 8.76. The number of aliphatic hydroxyl groups is 2. The maximum atomic E-state index is 14.9. The summed E-state index contributed by atoms with van der Waals surface area (Å²) in [6.07, 6.45) is 2.41. The number of carbonyl (C=O) groups excluding carboxylic acids is 13. The van der Waals surface area contributed by atoms with E-state index in [1.54, 1.807) is 99.7 Å². The molecule has 13 amide bonds. The Morgan fingerprint density at radius 3 is 1.80 bits per heavy atom. The minimum absolute atomic E-state index is 0.0231. The average Bonchev–Trinajstić information content (AvgIpc) is 1.67. The Labute approximate surface area is 691 Å². The molecule has 12 atom stereocenters. The molecule has 0 bridgehead atoms. The lowest BCUT2D eigenvalue weighted by Gasteiger charge is -2.48. The number of carbonyl (C=O) groups is 13.